The van der Waals surface area contributed by atoms with Gasteiger partial charge in [-0.2, -0.15) is 0 Å². The molecule has 0 bridgehead atoms. The van der Waals surface area contributed by atoms with E-state index in [0.29, 0.717) is 0 Å². The summed E-state index contributed by atoms with van der Waals surface area (Å²) in [6.07, 6.45) is 0. The van der Waals surface area contributed by atoms with E-state index >= 15 is 0 Å². The highest BCUT2D eigenvalue weighted by molar-refractivity contribution is 7.90. The first-order valence-electron chi connectivity index (χ1n) is 2.47. The number of hydrogen-bond donors (Lipinski definition) is 4. The zero-order valence-electron chi connectivity index (χ0n) is 5.27. The van der Waals surface area contributed by atoms with Crippen LogP contribution in [0.4, 0.5) is 0 Å². The molecule has 0 aliphatic heterocycles. The first-order chi connectivity index (χ1) is 4.31. The molecular weight excluding hydrogens is 162 g/mol. The van der Waals surface area contributed by atoms with Crippen LogP contribution in [0, 0.1) is 0 Å². The summed E-state index contributed by atoms with van der Waals surface area (Å²) in [7, 11) is -4.43. The van der Waals surface area contributed by atoms with E-state index in [2.05, 4.69) is 0 Å². The SMILES string of the molecule is CCNS(=O)(=O)C(O)(O)O. The molecule has 0 aromatic rings. The predicted octanol–water partition coefficient (Wildman–Crippen LogP) is -2.49. The van der Waals surface area contributed by atoms with Gasteiger partial charge in [0.15, 0.2) is 0 Å². The highest BCUT2D eigenvalue weighted by atomic mass is 32.2. The molecule has 0 fully saturated rings. The van der Waals surface area contributed by atoms with Gasteiger partial charge >= 0.3 is 5.31 Å². The maximum absolute atomic E-state index is 10.4. The van der Waals surface area contributed by atoms with Crippen LogP contribution in [0.3, 0.4) is 0 Å². The molecule has 0 radical (unpaired) electrons. The number of nitrogens with one attached hydrogen (secondary N) is 1. The zero-order valence-corrected chi connectivity index (χ0v) is 6.09. The molecule has 7 heteroatoms. The van der Waals surface area contributed by atoms with Gasteiger partial charge in [-0.25, -0.2) is 13.1 Å². The monoisotopic (exact) mass is 171 g/mol. The Balaban J connectivity index is 4.44. The lowest BCUT2D eigenvalue weighted by atomic mass is 10.8. The van der Waals surface area contributed by atoms with Crippen LogP contribution in [-0.2, 0) is 10.0 Å². The van der Waals surface area contributed by atoms with E-state index in [1.54, 1.807) is 4.72 Å². The van der Waals surface area contributed by atoms with E-state index in [4.69, 9.17) is 15.3 Å². The van der Waals surface area contributed by atoms with E-state index in [9.17, 15) is 8.42 Å². The second-order valence-corrected chi connectivity index (χ2v) is 3.42. The molecule has 0 aliphatic rings. The van der Waals surface area contributed by atoms with E-state index in [1.807, 2.05) is 0 Å². The molecule has 6 nitrogen and oxygen atoms in total. The second-order valence-electron chi connectivity index (χ2n) is 1.58. The molecule has 0 aromatic carbocycles. The summed E-state index contributed by atoms with van der Waals surface area (Å²) in [6.45, 7) is 1.41. The Morgan fingerprint density at radius 3 is 1.90 bits per heavy atom. The van der Waals surface area contributed by atoms with Crippen molar-refractivity contribution in [1.82, 2.24) is 4.72 Å². The molecule has 10 heavy (non-hydrogen) atoms. The average molecular weight is 171 g/mol. The van der Waals surface area contributed by atoms with Crippen LogP contribution in [0.5, 0.6) is 0 Å². The molecule has 4 N–H and O–H groups in total. The van der Waals surface area contributed by atoms with Gasteiger partial charge in [-0.1, -0.05) is 6.92 Å². The maximum atomic E-state index is 10.4. The lowest BCUT2D eigenvalue weighted by molar-refractivity contribution is -0.242. The quantitative estimate of drug-likeness (QED) is 0.351. The molecule has 0 atom stereocenters. The third-order valence-electron chi connectivity index (χ3n) is 0.695. The summed E-state index contributed by atoms with van der Waals surface area (Å²) < 4.78 is 22.5. The fraction of sp³-hybridized carbons (Fsp3) is 1.00. The van der Waals surface area contributed by atoms with Gasteiger partial charge in [0.1, 0.15) is 0 Å². The van der Waals surface area contributed by atoms with Crippen LogP contribution in [0.25, 0.3) is 0 Å². The summed E-state index contributed by atoms with van der Waals surface area (Å²) in [6, 6.07) is 0. The van der Waals surface area contributed by atoms with Crippen LogP contribution in [0.2, 0.25) is 0 Å². The number of hydrogen-bond acceptors (Lipinski definition) is 5. The molecule has 0 aliphatic carbocycles. The highest BCUT2D eigenvalue weighted by Gasteiger charge is 2.36. The van der Waals surface area contributed by atoms with Gasteiger partial charge in [0.2, 0.25) is 0 Å². The standard InChI is InChI=1S/C3H9NO5S/c1-2-4-10(8,9)3(5,6)7/h4-7H,2H2,1H3. The average Bonchev–Trinajstić information content (AvgIpc) is 1.61. The lowest BCUT2D eigenvalue weighted by Crippen LogP contribution is -2.45. The van der Waals surface area contributed by atoms with Crippen LogP contribution >= 0.6 is 0 Å². The Morgan fingerprint density at radius 1 is 1.40 bits per heavy atom. The van der Waals surface area contributed by atoms with Gasteiger partial charge in [0.25, 0.3) is 10.0 Å². The minimum atomic E-state index is -4.43. The van der Waals surface area contributed by atoms with Crippen LogP contribution in [0.15, 0.2) is 0 Å². The Morgan fingerprint density at radius 2 is 1.80 bits per heavy atom. The Labute approximate surface area is 58.2 Å². The maximum Gasteiger partial charge on any atom is 0.399 e. The van der Waals surface area contributed by atoms with Crippen molar-refractivity contribution in [2.75, 3.05) is 6.54 Å². The molecular formula is C3H9NO5S. The summed E-state index contributed by atoms with van der Waals surface area (Å²) >= 11 is 0. The van der Waals surface area contributed by atoms with Crippen LogP contribution in [0.1, 0.15) is 6.92 Å². The van der Waals surface area contributed by atoms with Crippen molar-refractivity contribution in [2.45, 2.75) is 12.2 Å². The number of rotatable bonds is 3. The first kappa shape index (κ1) is 9.79. The Kier molecular flexibility index (Phi) is 2.75. The molecule has 0 rings (SSSR count). The Bertz CT molecular complexity index is 189. The van der Waals surface area contributed by atoms with Crippen molar-refractivity contribution in [1.29, 1.82) is 0 Å². The normalized spacial score (nSPS) is 13.6. The summed E-state index contributed by atoms with van der Waals surface area (Å²) in [5, 5.41) is 20.7. The molecule has 0 unspecified atom stereocenters. The molecule has 0 aromatic heterocycles. The third-order valence-corrected chi connectivity index (χ3v) is 2.08. The second kappa shape index (κ2) is 2.81. The number of aliphatic hydroxyl groups is 3. The lowest BCUT2D eigenvalue weighted by Gasteiger charge is -2.13. The highest BCUT2D eigenvalue weighted by Crippen LogP contribution is 2.01. The summed E-state index contributed by atoms with van der Waals surface area (Å²) in [4.78, 5) is 0. The number of sulfonamides is 1. The van der Waals surface area contributed by atoms with Gasteiger partial charge in [0, 0.05) is 6.54 Å². The molecule has 0 spiro atoms. The van der Waals surface area contributed by atoms with E-state index in [1.165, 1.54) is 6.92 Å². The summed E-state index contributed by atoms with van der Waals surface area (Å²) in [5.74, 6) is 0. The van der Waals surface area contributed by atoms with Crippen molar-refractivity contribution in [3.8, 4) is 0 Å². The third kappa shape index (κ3) is 2.20. The van der Waals surface area contributed by atoms with Gasteiger partial charge in [-0.3, -0.25) is 0 Å². The van der Waals surface area contributed by atoms with Gasteiger partial charge in [0.05, 0.1) is 0 Å². The smallest absolute Gasteiger partial charge is 0.330 e. The fourth-order valence-electron chi connectivity index (χ4n) is 0.287. The van der Waals surface area contributed by atoms with Crippen LogP contribution in [-0.4, -0.2) is 35.6 Å². The first-order valence-corrected chi connectivity index (χ1v) is 3.96. The minimum absolute atomic E-state index is 0.0221. The fourth-order valence-corrected chi connectivity index (χ4v) is 0.861. The molecule has 62 valence electrons. The van der Waals surface area contributed by atoms with Crippen molar-refractivity contribution in [2.24, 2.45) is 0 Å². The predicted molar refractivity (Wildman–Crippen MR) is 32.0 cm³/mol. The Hall–Kier alpha value is -0.210. The zero-order chi connectivity index (χ0) is 8.41. The van der Waals surface area contributed by atoms with Crippen LogP contribution < -0.4 is 4.72 Å². The largest absolute Gasteiger partial charge is 0.399 e. The van der Waals surface area contributed by atoms with E-state index < -0.39 is 15.3 Å². The molecule has 0 saturated carbocycles. The van der Waals surface area contributed by atoms with Crippen molar-refractivity contribution < 1.29 is 23.7 Å². The van der Waals surface area contributed by atoms with Crippen molar-refractivity contribution >= 4 is 10.0 Å². The minimum Gasteiger partial charge on any atom is -0.330 e. The molecule has 0 amide bonds. The van der Waals surface area contributed by atoms with Crippen molar-refractivity contribution in [3.63, 3.8) is 0 Å². The topological polar surface area (TPSA) is 107 Å². The molecule has 0 saturated heterocycles. The van der Waals surface area contributed by atoms with E-state index in [0.717, 1.165) is 0 Å². The van der Waals surface area contributed by atoms with Gasteiger partial charge < -0.3 is 15.3 Å². The van der Waals surface area contributed by atoms with Gasteiger partial charge in [-0.15, -0.1) is 0 Å². The van der Waals surface area contributed by atoms with Gasteiger partial charge in [-0.05, 0) is 0 Å². The van der Waals surface area contributed by atoms with E-state index in [-0.39, 0.29) is 6.54 Å². The summed E-state index contributed by atoms with van der Waals surface area (Å²) in [5.41, 5.74) is 0. The van der Waals surface area contributed by atoms with Crippen molar-refractivity contribution in [3.05, 3.63) is 0 Å². The molecule has 0 heterocycles.